The van der Waals surface area contributed by atoms with Crippen molar-refractivity contribution in [1.82, 2.24) is 20.1 Å². The van der Waals surface area contributed by atoms with Crippen LogP contribution in [0.3, 0.4) is 0 Å². The first-order chi connectivity index (χ1) is 10.7. The molecule has 0 saturated heterocycles. The van der Waals surface area contributed by atoms with Crippen LogP contribution in [0.25, 0.3) is 0 Å². The second kappa shape index (κ2) is 8.25. The quantitative estimate of drug-likeness (QED) is 0.624. The molecular weight excluding hydrogens is 296 g/mol. The minimum atomic E-state index is -0.0989. The van der Waals surface area contributed by atoms with E-state index >= 15 is 0 Å². The highest BCUT2D eigenvalue weighted by atomic mass is 32.2. The Balaban J connectivity index is 2.01. The molecule has 1 aromatic carbocycles. The third-order valence-electron chi connectivity index (χ3n) is 3.03. The Kier molecular flexibility index (Phi) is 6.04. The first kappa shape index (κ1) is 16.1. The van der Waals surface area contributed by atoms with Gasteiger partial charge < -0.3 is 9.88 Å². The lowest BCUT2D eigenvalue weighted by atomic mass is 10.1. The van der Waals surface area contributed by atoms with Gasteiger partial charge in [0.1, 0.15) is 5.82 Å². The Labute approximate surface area is 134 Å². The number of hydrogen-bond donors (Lipinski definition) is 1. The first-order valence-corrected chi connectivity index (χ1v) is 8.02. The smallest absolute Gasteiger partial charge is 0.231 e. The summed E-state index contributed by atoms with van der Waals surface area (Å²) in [5, 5.41) is 11.8. The average Bonchev–Trinajstić information content (AvgIpc) is 2.93. The lowest BCUT2D eigenvalue weighted by molar-refractivity contribution is -0.118. The Hall–Kier alpha value is -2.26. The van der Waals surface area contributed by atoms with E-state index in [1.165, 1.54) is 17.3 Å². The van der Waals surface area contributed by atoms with E-state index in [2.05, 4.69) is 33.6 Å². The van der Waals surface area contributed by atoms with E-state index in [-0.39, 0.29) is 18.2 Å². The van der Waals surface area contributed by atoms with E-state index in [1.807, 2.05) is 29.7 Å². The molecule has 0 atom stereocenters. The van der Waals surface area contributed by atoms with Crippen LogP contribution < -0.4 is 5.32 Å². The molecule has 1 N–H and O–H groups in total. The number of benzene rings is 1. The van der Waals surface area contributed by atoms with E-state index < -0.39 is 0 Å². The summed E-state index contributed by atoms with van der Waals surface area (Å²) in [4.78, 5) is 11.6. The zero-order chi connectivity index (χ0) is 15.8. The van der Waals surface area contributed by atoms with Crippen LogP contribution in [0.2, 0.25) is 0 Å². The number of thioether (sulfide) groups is 1. The van der Waals surface area contributed by atoms with Crippen molar-refractivity contribution in [2.24, 2.45) is 0 Å². The summed E-state index contributed by atoms with van der Waals surface area (Å²) < 4.78 is 2.03. The second-order valence-electron chi connectivity index (χ2n) is 4.57. The van der Waals surface area contributed by atoms with Crippen LogP contribution in [0.4, 0.5) is 0 Å². The van der Waals surface area contributed by atoms with Crippen LogP contribution in [0, 0.1) is 12.3 Å². The number of aromatic nitrogens is 3. The van der Waals surface area contributed by atoms with Crippen molar-refractivity contribution in [3.05, 3.63) is 41.7 Å². The zero-order valence-corrected chi connectivity index (χ0v) is 13.3. The van der Waals surface area contributed by atoms with E-state index in [0.717, 1.165) is 23.9 Å². The molecule has 114 valence electrons. The van der Waals surface area contributed by atoms with Crippen LogP contribution >= 0.6 is 11.8 Å². The van der Waals surface area contributed by atoms with Crippen LogP contribution in [-0.4, -0.2) is 33.0 Å². The average molecular weight is 314 g/mol. The molecule has 0 aliphatic heterocycles. The molecule has 5 nitrogen and oxygen atoms in total. The predicted molar refractivity (Wildman–Crippen MR) is 87.5 cm³/mol. The van der Waals surface area contributed by atoms with Gasteiger partial charge in [0.2, 0.25) is 5.91 Å². The normalized spacial score (nSPS) is 10.2. The number of hydrogen-bond acceptors (Lipinski definition) is 4. The molecule has 0 unspecified atom stereocenters. The monoisotopic (exact) mass is 314 g/mol. The lowest BCUT2D eigenvalue weighted by Gasteiger charge is -2.07. The largest absolute Gasteiger partial charge is 0.344 e. The molecule has 0 spiro atoms. The Morgan fingerprint density at radius 3 is 2.82 bits per heavy atom. The molecule has 0 fully saturated rings. The third-order valence-corrected chi connectivity index (χ3v) is 4.00. The van der Waals surface area contributed by atoms with Crippen molar-refractivity contribution in [1.29, 1.82) is 0 Å². The summed E-state index contributed by atoms with van der Waals surface area (Å²) in [6, 6.07) is 10.1. The van der Waals surface area contributed by atoms with Crippen molar-refractivity contribution in [2.75, 3.05) is 12.3 Å². The van der Waals surface area contributed by atoms with E-state index in [0.29, 0.717) is 0 Å². The van der Waals surface area contributed by atoms with Crippen LogP contribution in [0.15, 0.2) is 35.5 Å². The molecule has 1 heterocycles. The minimum absolute atomic E-state index is 0.0989. The van der Waals surface area contributed by atoms with Gasteiger partial charge in [0.25, 0.3) is 0 Å². The molecule has 1 amide bonds. The molecule has 0 saturated carbocycles. The number of nitrogens with one attached hydrogen (secondary N) is 1. The molecule has 2 rings (SSSR count). The van der Waals surface area contributed by atoms with Gasteiger partial charge in [0.05, 0.1) is 12.3 Å². The summed E-state index contributed by atoms with van der Waals surface area (Å²) in [5.41, 5.74) is 1.19. The summed E-state index contributed by atoms with van der Waals surface area (Å²) in [6.45, 7) is 3.06. The number of terminal acetylenes is 1. The molecule has 2 aromatic rings. The maximum absolute atomic E-state index is 11.6. The van der Waals surface area contributed by atoms with Crippen molar-refractivity contribution >= 4 is 17.7 Å². The van der Waals surface area contributed by atoms with Gasteiger partial charge >= 0.3 is 0 Å². The molecule has 0 radical (unpaired) electrons. The lowest BCUT2D eigenvalue weighted by Crippen LogP contribution is -2.25. The van der Waals surface area contributed by atoms with Crippen molar-refractivity contribution in [3.8, 4) is 12.3 Å². The van der Waals surface area contributed by atoms with Crippen LogP contribution in [0.1, 0.15) is 18.3 Å². The fraction of sp³-hybridized carbons (Fsp3) is 0.312. The van der Waals surface area contributed by atoms with Gasteiger partial charge in [-0.05, 0) is 12.5 Å². The van der Waals surface area contributed by atoms with E-state index in [9.17, 15) is 4.79 Å². The van der Waals surface area contributed by atoms with Gasteiger partial charge in [-0.2, -0.15) is 0 Å². The standard InChI is InChI=1S/C16H18N4OS/c1-3-10-17-15(21)12-22-16-19-18-14(20(16)4-2)11-13-8-6-5-7-9-13/h1,5-9H,4,10-12H2,2H3,(H,17,21). The van der Waals surface area contributed by atoms with Gasteiger partial charge in [0.15, 0.2) is 5.16 Å². The van der Waals surface area contributed by atoms with E-state index in [1.54, 1.807) is 0 Å². The summed E-state index contributed by atoms with van der Waals surface area (Å²) >= 11 is 1.37. The molecule has 22 heavy (non-hydrogen) atoms. The molecule has 6 heteroatoms. The topological polar surface area (TPSA) is 59.8 Å². The number of rotatable bonds is 7. The van der Waals surface area contributed by atoms with Gasteiger partial charge in [-0.25, -0.2) is 0 Å². The van der Waals surface area contributed by atoms with Crippen molar-refractivity contribution < 1.29 is 4.79 Å². The van der Waals surface area contributed by atoms with Gasteiger partial charge in [-0.1, -0.05) is 48.0 Å². The molecule has 0 aliphatic carbocycles. The summed E-state index contributed by atoms with van der Waals surface area (Å²) in [7, 11) is 0. The zero-order valence-electron chi connectivity index (χ0n) is 12.5. The SMILES string of the molecule is C#CCNC(=O)CSc1nnc(Cc2ccccc2)n1CC. The Morgan fingerprint density at radius 1 is 1.36 bits per heavy atom. The maximum Gasteiger partial charge on any atom is 0.231 e. The van der Waals surface area contributed by atoms with Crippen molar-refractivity contribution in [3.63, 3.8) is 0 Å². The predicted octanol–water partition coefficient (Wildman–Crippen LogP) is 1.73. The number of amides is 1. The fourth-order valence-electron chi connectivity index (χ4n) is 1.98. The van der Waals surface area contributed by atoms with E-state index in [4.69, 9.17) is 6.42 Å². The minimum Gasteiger partial charge on any atom is -0.344 e. The Bertz CT molecular complexity index is 661. The molecule has 0 bridgehead atoms. The molecule has 0 aliphatic rings. The maximum atomic E-state index is 11.6. The van der Waals surface area contributed by atoms with Crippen LogP contribution in [-0.2, 0) is 17.8 Å². The second-order valence-corrected chi connectivity index (χ2v) is 5.52. The first-order valence-electron chi connectivity index (χ1n) is 7.03. The van der Waals surface area contributed by atoms with Crippen molar-refractivity contribution in [2.45, 2.75) is 25.0 Å². The van der Waals surface area contributed by atoms with Gasteiger partial charge in [-0.15, -0.1) is 16.6 Å². The molecular formula is C16H18N4OS. The summed E-state index contributed by atoms with van der Waals surface area (Å²) in [6.07, 6.45) is 5.84. The van der Waals surface area contributed by atoms with Gasteiger partial charge in [0, 0.05) is 13.0 Å². The van der Waals surface area contributed by atoms with Crippen LogP contribution in [0.5, 0.6) is 0 Å². The molecule has 1 aromatic heterocycles. The highest BCUT2D eigenvalue weighted by Gasteiger charge is 2.13. The number of carbonyl (C=O) groups is 1. The van der Waals surface area contributed by atoms with Gasteiger partial charge in [-0.3, -0.25) is 4.79 Å². The number of nitrogens with zero attached hydrogens (tertiary/aromatic N) is 3. The Morgan fingerprint density at radius 2 is 2.14 bits per heavy atom. The highest BCUT2D eigenvalue weighted by molar-refractivity contribution is 7.99. The highest BCUT2D eigenvalue weighted by Crippen LogP contribution is 2.18. The third kappa shape index (κ3) is 4.37. The summed E-state index contributed by atoms with van der Waals surface area (Å²) in [5.74, 6) is 3.46. The fourth-order valence-corrected chi connectivity index (χ4v) is 2.83. The number of carbonyl (C=O) groups excluding carboxylic acids is 1.